The number of hydrogen-bond acceptors (Lipinski definition) is 6. The molecule has 1 fully saturated rings. The second-order valence-corrected chi connectivity index (χ2v) is 28.4. The van der Waals surface area contributed by atoms with Crippen LogP contribution in [0, 0.1) is 5.92 Å². The van der Waals surface area contributed by atoms with Crippen LogP contribution in [0.15, 0.2) is 84.9 Å². The van der Waals surface area contributed by atoms with Gasteiger partial charge < -0.3 is 28.2 Å². The van der Waals surface area contributed by atoms with Crippen LogP contribution in [-0.4, -0.2) is 70.8 Å². The molecular weight excluding hydrogens is 773 g/mol. The molecule has 0 spiro atoms. The van der Waals surface area contributed by atoms with Crippen LogP contribution in [0.25, 0.3) is 0 Å². The van der Waals surface area contributed by atoms with Gasteiger partial charge in [0.15, 0.2) is 0 Å². The summed E-state index contributed by atoms with van der Waals surface area (Å²) in [6, 6.07) is 29.5. The monoisotopic (exact) mass is 840 g/mol. The van der Waals surface area contributed by atoms with Crippen LogP contribution in [0.2, 0.25) is 21.7 Å². The third-order valence-electron chi connectivity index (χ3n) is 11.8. The number of rotatable bonds is 19. The molecule has 0 amide bonds. The Labute approximate surface area is 338 Å². The lowest BCUT2D eigenvalue weighted by Crippen LogP contribution is -2.66. The lowest BCUT2D eigenvalue weighted by Gasteiger charge is -2.46. The number of alkyl halides is 1. The van der Waals surface area contributed by atoms with E-state index in [1.165, 1.54) is 10.4 Å². The summed E-state index contributed by atoms with van der Waals surface area (Å²) in [5.41, 5.74) is 1.63. The van der Waals surface area contributed by atoms with Crippen molar-refractivity contribution in [1.82, 2.24) is 0 Å². The second kappa shape index (κ2) is 19.1. The van der Waals surface area contributed by atoms with Crippen molar-refractivity contribution < 1.29 is 28.2 Å². The predicted octanol–water partition coefficient (Wildman–Crippen LogP) is 10.0. The highest BCUT2D eigenvalue weighted by Gasteiger charge is 2.58. The number of aliphatic hydroxyl groups is 1. The zero-order valence-corrected chi connectivity index (χ0v) is 38.7. The number of ether oxygens (including phenoxy) is 3. The highest BCUT2D eigenvalue weighted by Crippen LogP contribution is 2.49. The Morgan fingerprint density at radius 1 is 0.815 bits per heavy atom. The summed E-state index contributed by atoms with van der Waals surface area (Å²) in [6.07, 6.45) is -0.353. The van der Waals surface area contributed by atoms with Crippen LogP contribution in [0.5, 0.6) is 5.75 Å². The summed E-state index contributed by atoms with van der Waals surface area (Å²) in [6.45, 7) is 26.7. The first kappa shape index (κ1) is 44.9. The Hall–Kier alpha value is -1.83. The number of aliphatic hydroxyl groups excluding tert-OH is 1. The van der Waals surface area contributed by atoms with E-state index in [1.54, 1.807) is 7.11 Å². The lowest BCUT2D eigenvalue weighted by atomic mass is 9.94. The third kappa shape index (κ3) is 9.82. The zero-order chi connectivity index (χ0) is 39.9. The highest BCUT2D eigenvalue weighted by molar-refractivity contribution is 9.09. The first-order chi connectivity index (χ1) is 25.4. The van der Waals surface area contributed by atoms with Crippen LogP contribution in [0.4, 0.5) is 0 Å². The summed E-state index contributed by atoms with van der Waals surface area (Å²) in [4.78, 5) is -0.142. The van der Waals surface area contributed by atoms with E-state index in [9.17, 15) is 5.11 Å². The van der Waals surface area contributed by atoms with Gasteiger partial charge in [-0.15, -0.1) is 0 Å². The third-order valence-corrected chi connectivity index (χ3v) is 24.5. The van der Waals surface area contributed by atoms with Gasteiger partial charge in [-0.25, -0.2) is 0 Å². The van der Waals surface area contributed by atoms with E-state index in [-0.39, 0.29) is 21.9 Å². The molecule has 0 aromatic heterocycles. The molecule has 3 aromatic rings. The molecular formula is C45H69BrO6Si2. The molecule has 0 bridgehead atoms. The van der Waals surface area contributed by atoms with Gasteiger partial charge in [0.25, 0.3) is 8.32 Å². The lowest BCUT2D eigenvalue weighted by molar-refractivity contribution is -0.107. The number of methoxy groups -OCH3 is 1. The van der Waals surface area contributed by atoms with Gasteiger partial charge in [-0.1, -0.05) is 158 Å². The normalized spacial score (nSPS) is 22.3. The number of benzene rings is 3. The fourth-order valence-corrected chi connectivity index (χ4v) is 20.2. The summed E-state index contributed by atoms with van der Waals surface area (Å²) < 4.78 is 33.4. The first-order valence-electron chi connectivity index (χ1n) is 20.1. The Morgan fingerprint density at radius 3 is 1.80 bits per heavy atom. The minimum Gasteiger partial charge on any atom is -0.497 e. The van der Waals surface area contributed by atoms with Crippen molar-refractivity contribution >= 4 is 42.9 Å². The van der Waals surface area contributed by atoms with Gasteiger partial charge in [0, 0.05) is 13.2 Å². The van der Waals surface area contributed by atoms with Crippen molar-refractivity contribution in [2.45, 2.75) is 146 Å². The van der Waals surface area contributed by atoms with E-state index in [2.05, 4.69) is 153 Å². The topological polar surface area (TPSA) is 66.4 Å². The quantitative estimate of drug-likeness (QED) is 0.0958. The second-order valence-electron chi connectivity index (χ2n) is 17.7. The smallest absolute Gasteiger partial charge is 0.261 e. The molecule has 1 heterocycles. The van der Waals surface area contributed by atoms with Crippen LogP contribution >= 0.6 is 15.9 Å². The van der Waals surface area contributed by atoms with E-state index < -0.39 is 34.4 Å². The van der Waals surface area contributed by atoms with Crippen molar-refractivity contribution in [1.29, 1.82) is 0 Å². The molecule has 9 heteroatoms. The maximum Gasteiger partial charge on any atom is 0.261 e. The van der Waals surface area contributed by atoms with E-state index in [0.29, 0.717) is 49.3 Å². The van der Waals surface area contributed by atoms with Gasteiger partial charge in [-0.3, -0.25) is 0 Å². The Morgan fingerprint density at radius 2 is 1.33 bits per heavy atom. The summed E-state index contributed by atoms with van der Waals surface area (Å²) >= 11 is 4.17. The Balaban J connectivity index is 1.59. The van der Waals surface area contributed by atoms with Gasteiger partial charge in [0.05, 0.1) is 36.4 Å². The molecule has 0 radical (unpaired) electrons. The molecule has 54 heavy (non-hydrogen) atoms. The van der Waals surface area contributed by atoms with Crippen molar-refractivity contribution in [3.63, 3.8) is 0 Å². The maximum atomic E-state index is 12.1. The van der Waals surface area contributed by atoms with Crippen molar-refractivity contribution in [2.24, 2.45) is 5.92 Å². The summed E-state index contributed by atoms with van der Waals surface area (Å²) in [7, 11) is -3.42. The molecule has 1 N–H and O–H groups in total. The first-order valence-corrected chi connectivity index (χ1v) is 25.0. The molecule has 0 aliphatic carbocycles. The van der Waals surface area contributed by atoms with Crippen molar-refractivity contribution in [2.75, 3.05) is 20.3 Å². The largest absolute Gasteiger partial charge is 0.497 e. The van der Waals surface area contributed by atoms with Crippen LogP contribution in [0.1, 0.15) is 94.6 Å². The highest BCUT2D eigenvalue weighted by atomic mass is 79.9. The van der Waals surface area contributed by atoms with Gasteiger partial charge in [0.1, 0.15) is 11.9 Å². The van der Waals surface area contributed by atoms with Crippen LogP contribution < -0.4 is 15.1 Å². The van der Waals surface area contributed by atoms with Crippen molar-refractivity contribution in [3.8, 4) is 5.75 Å². The van der Waals surface area contributed by atoms with Gasteiger partial charge in [0.2, 0.25) is 8.32 Å². The fraction of sp³-hybridized carbons (Fsp3) is 0.600. The SMILES string of the molecule is COc1ccc(COC[C@@H](C)C[C@@H](O)[C@H]2O[C@](C)(CCO[Si](c3ccccc3)(c3ccccc3)C(C)(C)C)[C@@H](Br)[C@@H]2O[Si](C(C)C)(C(C)C)C(C)C)cc1. The molecule has 6 nitrogen and oxygen atoms in total. The molecule has 1 saturated heterocycles. The molecule has 6 atom stereocenters. The maximum absolute atomic E-state index is 12.1. The molecule has 0 unspecified atom stereocenters. The predicted molar refractivity (Wildman–Crippen MR) is 233 cm³/mol. The van der Waals surface area contributed by atoms with Crippen LogP contribution in [0.3, 0.4) is 0 Å². The van der Waals surface area contributed by atoms with Gasteiger partial charge >= 0.3 is 0 Å². The minimum atomic E-state index is -2.74. The van der Waals surface area contributed by atoms with Crippen LogP contribution in [-0.2, 0) is 24.9 Å². The number of halogens is 1. The van der Waals surface area contributed by atoms with E-state index in [4.69, 9.17) is 23.1 Å². The average molecular weight is 842 g/mol. The fourth-order valence-electron chi connectivity index (χ4n) is 9.10. The van der Waals surface area contributed by atoms with E-state index in [0.717, 1.165) is 11.3 Å². The van der Waals surface area contributed by atoms with Gasteiger partial charge in [-0.2, -0.15) is 0 Å². The summed E-state index contributed by atoms with van der Waals surface area (Å²) in [5.74, 6) is 0.943. The zero-order valence-electron chi connectivity index (χ0n) is 35.1. The molecule has 3 aromatic carbocycles. The van der Waals surface area contributed by atoms with E-state index in [1.807, 2.05) is 24.3 Å². The average Bonchev–Trinajstić information content (AvgIpc) is 3.37. The summed E-state index contributed by atoms with van der Waals surface area (Å²) in [5, 5.41) is 14.5. The Bertz CT molecular complexity index is 1490. The van der Waals surface area contributed by atoms with Gasteiger partial charge in [-0.05, 0) is 75.4 Å². The van der Waals surface area contributed by atoms with E-state index >= 15 is 0 Å². The molecule has 4 rings (SSSR count). The molecule has 1 aliphatic rings. The molecule has 0 saturated carbocycles. The molecule has 300 valence electrons. The Kier molecular flexibility index (Phi) is 15.9. The standard InChI is InChI=1S/C45H69BrO6Si2/c1-32(2)53(33(3)4,34(5)6)52-42-41(40(47)29-35(7)30-49-31-36-23-25-37(48-12)26-24-36)51-45(11,43(42)46)27-28-50-54(44(8,9)10,38-19-15-13-16-20-38)39-21-17-14-18-22-39/h13-26,32-35,40-43,47H,27-31H2,1-12H3/t35-,40+,41+,42+,43-,45+/m0/s1. The molecule has 1 aliphatic heterocycles. The van der Waals surface area contributed by atoms with Crippen molar-refractivity contribution in [3.05, 3.63) is 90.5 Å². The minimum absolute atomic E-state index is 0.115. The number of hydrogen-bond donors (Lipinski definition) is 1.